The maximum absolute atomic E-state index is 12.8. The molecule has 22 heavy (non-hydrogen) atoms. The Bertz CT molecular complexity index is 468. The fourth-order valence-corrected chi connectivity index (χ4v) is 3.70. The monoisotopic (exact) mass is 301 g/mol. The van der Waals surface area contributed by atoms with Crippen LogP contribution in [0.15, 0.2) is 24.5 Å². The van der Waals surface area contributed by atoms with Gasteiger partial charge in [0.2, 0.25) is 5.91 Å². The summed E-state index contributed by atoms with van der Waals surface area (Å²) in [4.78, 5) is 21.5. The number of rotatable bonds is 3. The van der Waals surface area contributed by atoms with Gasteiger partial charge in [-0.2, -0.15) is 0 Å². The number of carbonyl (C=O) groups is 1. The van der Waals surface area contributed by atoms with Crippen LogP contribution >= 0.6 is 0 Å². The summed E-state index contributed by atoms with van der Waals surface area (Å²) in [5, 5.41) is 0. The highest BCUT2D eigenvalue weighted by molar-refractivity contribution is 5.79. The minimum atomic E-state index is 0.198. The van der Waals surface area contributed by atoms with Crippen LogP contribution in [0.5, 0.6) is 0 Å². The fourth-order valence-electron chi connectivity index (χ4n) is 3.70. The van der Waals surface area contributed by atoms with E-state index in [1.165, 1.54) is 31.2 Å². The number of nitrogens with zero attached hydrogens (tertiary/aromatic N) is 3. The van der Waals surface area contributed by atoms with E-state index in [4.69, 9.17) is 0 Å². The zero-order valence-corrected chi connectivity index (χ0v) is 13.4. The first-order valence-corrected chi connectivity index (χ1v) is 8.73. The Morgan fingerprint density at radius 1 is 1.14 bits per heavy atom. The van der Waals surface area contributed by atoms with Gasteiger partial charge in [-0.05, 0) is 43.9 Å². The molecule has 2 aliphatic rings. The fraction of sp³-hybridized carbons (Fsp3) is 0.667. The highest BCUT2D eigenvalue weighted by Crippen LogP contribution is 2.22. The Hall–Kier alpha value is -1.42. The molecule has 1 aromatic rings. The van der Waals surface area contributed by atoms with Gasteiger partial charge in [0, 0.05) is 38.6 Å². The summed E-state index contributed by atoms with van der Waals surface area (Å²) in [5.41, 5.74) is 1.24. The van der Waals surface area contributed by atoms with E-state index in [0.29, 0.717) is 5.91 Å². The van der Waals surface area contributed by atoms with Crippen LogP contribution in [0, 0.1) is 5.92 Å². The van der Waals surface area contributed by atoms with Crippen molar-refractivity contribution in [3.8, 4) is 0 Å². The van der Waals surface area contributed by atoms with Crippen LogP contribution in [-0.4, -0.2) is 46.9 Å². The summed E-state index contributed by atoms with van der Waals surface area (Å²) in [7, 11) is 0. The third-order valence-corrected chi connectivity index (χ3v) is 4.90. The third-order valence-electron chi connectivity index (χ3n) is 4.90. The largest absolute Gasteiger partial charge is 0.342 e. The number of likely N-dealkylation sites (tertiary alicyclic amines) is 2. The van der Waals surface area contributed by atoms with Crippen molar-refractivity contribution in [1.29, 1.82) is 0 Å². The number of amides is 1. The van der Waals surface area contributed by atoms with E-state index in [1.54, 1.807) is 0 Å². The lowest BCUT2D eigenvalue weighted by atomic mass is 9.96. The molecule has 4 nitrogen and oxygen atoms in total. The summed E-state index contributed by atoms with van der Waals surface area (Å²) in [6, 6.07) is 4.10. The van der Waals surface area contributed by atoms with E-state index in [-0.39, 0.29) is 5.92 Å². The zero-order valence-electron chi connectivity index (χ0n) is 13.4. The molecule has 1 amide bonds. The van der Waals surface area contributed by atoms with Gasteiger partial charge in [0.15, 0.2) is 0 Å². The number of aromatic nitrogens is 1. The van der Waals surface area contributed by atoms with Crippen LogP contribution in [0.4, 0.5) is 0 Å². The Kier molecular flexibility index (Phi) is 5.43. The summed E-state index contributed by atoms with van der Waals surface area (Å²) in [6.07, 6.45) is 10.8. The van der Waals surface area contributed by atoms with Gasteiger partial charge >= 0.3 is 0 Å². The molecule has 2 saturated heterocycles. The summed E-state index contributed by atoms with van der Waals surface area (Å²) < 4.78 is 0. The predicted octanol–water partition coefficient (Wildman–Crippen LogP) is 2.70. The molecule has 1 atom stereocenters. The van der Waals surface area contributed by atoms with Gasteiger partial charge in [0.05, 0.1) is 5.92 Å². The Morgan fingerprint density at radius 3 is 2.68 bits per heavy atom. The number of hydrogen-bond donors (Lipinski definition) is 0. The molecule has 3 heterocycles. The quantitative estimate of drug-likeness (QED) is 0.861. The molecular weight excluding hydrogens is 274 g/mol. The van der Waals surface area contributed by atoms with Crippen molar-refractivity contribution in [2.24, 2.45) is 5.92 Å². The molecule has 2 fully saturated rings. The Balaban J connectivity index is 1.56. The number of carbonyl (C=O) groups excluding carboxylic acids is 1. The number of hydrogen-bond acceptors (Lipinski definition) is 3. The molecule has 2 aliphatic heterocycles. The first kappa shape index (κ1) is 15.5. The molecule has 120 valence electrons. The van der Waals surface area contributed by atoms with Gasteiger partial charge in [-0.15, -0.1) is 0 Å². The van der Waals surface area contributed by atoms with E-state index in [9.17, 15) is 4.79 Å². The zero-order chi connectivity index (χ0) is 15.2. The highest BCUT2D eigenvalue weighted by Gasteiger charge is 2.29. The lowest BCUT2D eigenvalue weighted by Crippen LogP contribution is -2.44. The van der Waals surface area contributed by atoms with Gasteiger partial charge in [-0.1, -0.05) is 18.9 Å². The van der Waals surface area contributed by atoms with Crippen molar-refractivity contribution in [2.45, 2.75) is 45.1 Å². The minimum absolute atomic E-state index is 0.198. The van der Waals surface area contributed by atoms with Crippen molar-refractivity contribution in [1.82, 2.24) is 14.8 Å². The molecule has 0 spiro atoms. The average molecular weight is 301 g/mol. The van der Waals surface area contributed by atoms with E-state index >= 15 is 0 Å². The van der Waals surface area contributed by atoms with Gasteiger partial charge in [0.25, 0.3) is 0 Å². The average Bonchev–Trinajstić information content (AvgIpc) is 2.85. The van der Waals surface area contributed by atoms with E-state index in [2.05, 4.69) is 20.9 Å². The molecule has 0 radical (unpaired) electrons. The molecule has 0 aliphatic carbocycles. The summed E-state index contributed by atoms with van der Waals surface area (Å²) in [6.45, 7) is 4.86. The van der Waals surface area contributed by atoms with Crippen LogP contribution < -0.4 is 0 Å². The van der Waals surface area contributed by atoms with Crippen LogP contribution in [0.25, 0.3) is 0 Å². The molecule has 4 heteroatoms. The first-order chi connectivity index (χ1) is 10.8. The number of piperidine rings is 1. The molecule has 0 unspecified atom stereocenters. The maximum atomic E-state index is 12.8. The van der Waals surface area contributed by atoms with Crippen molar-refractivity contribution < 1.29 is 4.79 Å². The van der Waals surface area contributed by atoms with Gasteiger partial charge in [0.1, 0.15) is 0 Å². The Labute approximate surface area is 133 Å². The lowest BCUT2D eigenvalue weighted by Gasteiger charge is -2.34. The van der Waals surface area contributed by atoms with Crippen LogP contribution in [0.2, 0.25) is 0 Å². The molecule has 3 rings (SSSR count). The third kappa shape index (κ3) is 4.07. The second-order valence-corrected chi connectivity index (χ2v) is 6.68. The van der Waals surface area contributed by atoms with E-state index in [0.717, 1.165) is 45.6 Å². The van der Waals surface area contributed by atoms with Crippen LogP contribution in [0.3, 0.4) is 0 Å². The SMILES string of the molecule is O=C([C@H]1CCCN(Cc2cccnc2)C1)N1CCCCCC1. The second-order valence-electron chi connectivity index (χ2n) is 6.68. The topological polar surface area (TPSA) is 36.4 Å². The molecule has 0 saturated carbocycles. The van der Waals surface area contributed by atoms with Crippen molar-refractivity contribution in [3.63, 3.8) is 0 Å². The minimum Gasteiger partial charge on any atom is -0.342 e. The molecule has 0 aromatic carbocycles. The van der Waals surface area contributed by atoms with E-state index < -0.39 is 0 Å². The van der Waals surface area contributed by atoms with Gasteiger partial charge < -0.3 is 4.90 Å². The highest BCUT2D eigenvalue weighted by atomic mass is 16.2. The number of pyridine rings is 1. The predicted molar refractivity (Wildman–Crippen MR) is 87.3 cm³/mol. The van der Waals surface area contributed by atoms with E-state index in [1.807, 2.05) is 18.5 Å². The molecule has 1 aromatic heterocycles. The maximum Gasteiger partial charge on any atom is 0.226 e. The lowest BCUT2D eigenvalue weighted by molar-refractivity contribution is -0.137. The van der Waals surface area contributed by atoms with Gasteiger partial charge in [-0.3, -0.25) is 14.7 Å². The first-order valence-electron chi connectivity index (χ1n) is 8.73. The van der Waals surface area contributed by atoms with Crippen molar-refractivity contribution >= 4 is 5.91 Å². The smallest absolute Gasteiger partial charge is 0.226 e. The molecular formula is C18H27N3O. The Morgan fingerprint density at radius 2 is 1.95 bits per heavy atom. The molecule has 0 bridgehead atoms. The second kappa shape index (κ2) is 7.73. The van der Waals surface area contributed by atoms with Gasteiger partial charge in [-0.25, -0.2) is 0 Å². The molecule has 0 N–H and O–H groups in total. The van der Waals surface area contributed by atoms with Crippen LogP contribution in [-0.2, 0) is 11.3 Å². The standard InChI is InChI=1S/C18H27N3O/c22-18(21-11-3-1-2-4-12-21)17-8-6-10-20(15-17)14-16-7-5-9-19-13-16/h5,7,9,13,17H,1-4,6,8,10-12,14-15H2/t17-/m0/s1. The summed E-state index contributed by atoms with van der Waals surface area (Å²) >= 11 is 0. The summed E-state index contributed by atoms with van der Waals surface area (Å²) in [5.74, 6) is 0.598. The van der Waals surface area contributed by atoms with Crippen molar-refractivity contribution in [3.05, 3.63) is 30.1 Å². The normalized spacial score (nSPS) is 24.0. The van der Waals surface area contributed by atoms with Crippen molar-refractivity contribution in [2.75, 3.05) is 26.2 Å². The van der Waals surface area contributed by atoms with Crippen LogP contribution in [0.1, 0.15) is 44.1 Å².